The summed E-state index contributed by atoms with van der Waals surface area (Å²) in [5.74, 6) is -0.0545. The predicted octanol–water partition coefficient (Wildman–Crippen LogP) is 0.288. The third-order valence-electron chi connectivity index (χ3n) is 1.28. The Balaban J connectivity index is 3.25. The van der Waals surface area contributed by atoms with E-state index >= 15 is 0 Å². The van der Waals surface area contributed by atoms with E-state index in [1.807, 2.05) is 7.05 Å². The van der Waals surface area contributed by atoms with Crippen molar-refractivity contribution in [3.8, 4) is 0 Å². The Bertz CT molecular complexity index is 143. The Labute approximate surface area is 67.9 Å². The van der Waals surface area contributed by atoms with Gasteiger partial charge in [-0.1, -0.05) is 6.58 Å². The summed E-state index contributed by atoms with van der Waals surface area (Å²) in [6.07, 6.45) is 0.954. The highest BCUT2D eigenvalue weighted by Crippen LogP contribution is 1.84. The molecule has 0 rings (SSSR count). The predicted molar refractivity (Wildman–Crippen MR) is 46.4 cm³/mol. The molecule has 64 valence electrons. The fourth-order valence-corrected chi connectivity index (χ4v) is 0.618. The molecular formula is C8H16N2O. The van der Waals surface area contributed by atoms with Crippen LogP contribution in [0.5, 0.6) is 0 Å². The van der Waals surface area contributed by atoms with Crippen LogP contribution in [0.4, 0.5) is 0 Å². The Hall–Kier alpha value is -0.830. The van der Waals surface area contributed by atoms with E-state index in [1.165, 1.54) is 0 Å². The molecule has 0 heterocycles. The van der Waals surface area contributed by atoms with Gasteiger partial charge in [0.05, 0.1) is 0 Å². The van der Waals surface area contributed by atoms with Crippen LogP contribution >= 0.6 is 0 Å². The number of rotatable bonds is 5. The van der Waals surface area contributed by atoms with E-state index in [1.54, 1.807) is 6.92 Å². The maximum atomic E-state index is 10.9. The standard InChI is InChI=1S/C8H16N2O/c1-7(2)8(11)10-6-4-5-9-3/h9H,1,4-6H2,2-3H3,(H,10,11). The van der Waals surface area contributed by atoms with Gasteiger partial charge in [-0.15, -0.1) is 0 Å². The molecule has 3 heteroatoms. The van der Waals surface area contributed by atoms with Crippen molar-refractivity contribution in [2.24, 2.45) is 0 Å². The monoisotopic (exact) mass is 156 g/mol. The van der Waals surface area contributed by atoms with Crippen LogP contribution in [0.2, 0.25) is 0 Å². The first-order valence-corrected chi connectivity index (χ1v) is 3.76. The van der Waals surface area contributed by atoms with Gasteiger partial charge in [0.25, 0.3) is 0 Å². The molecule has 0 aliphatic rings. The van der Waals surface area contributed by atoms with Crippen LogP contribution in [0.3, 0.4) is 0 Å². The summed E-state index contributed by atoms with van der Waals surface area (Å²) in [5, 5.41) is 5.74. The molecule has 11 heavy (non-hydrogen) atoms. The summed E-state index contributed by atoms with van der Waals surface area (Å²) >= 11 is 0. The van der Waals surface area contributed by atoms with E-state index in [-0.39, 0.29) is 5.91 Å². The minimum atomic E-state index is -0.0545. The second-order valence-corrected chi connectivity index (χ2v) is 2.49. The minimum absolute atomic E-state index is 0.0545. The second kappa shape index (κ2) is 5.92. The largest absolute Gasteiger partial charge is 0.352 e. The molecule has 1 amide bonds. The normalized spacial score (nSPS) is 9.27. The molecule has 2 N–H and O–H groups in total. The zero-order valence-corrected chi connectivity index (χ0v) is 7.24. The molecule has 0 aromatic carbocycles. The Kier molecular flexibility index (Phi) is 5.47. The van der Waals surface area contributed by atoms with Gasteiger partial charge in [0.15, 0.2) is 0 Å². The Morgan fingerprint density at radius 2 is 2.09 bits per heavy atom. The fourth-order valence-electron chi connectivity index (χ4n) is 0.618. The number of hydrogen-bond donors (Lipinski definition) is 2. The van der Waals surface area contributed by atoms with Crippen molar-refractivity contribution >= 4 is 5.91 Å². The van der Waals surface area contributed by atoms with E-state index in [0.717, 1.165) is 13.0 Å². The van der Waals surface area contributed by atoms with Gasteiger partial charge in [-0.3, -0.25) is 4.79 Å². The molecule has 0 spiro atoms. The molecule has 0 aliphatic carbocycles. The lowest BCUT2D eigenvalue weighted by Gasteiger charge is -2.03. The number of carbonyl (C=O) groups excluding carboxylic acids is 1. The van der Waals surface area contributed by atoms with Gasteiger partial charge in [-0.05, 0) is 26.9 Å². The van der Waals surface area contributed by atoms with Crippen molar-refractivity contribution in [1.82, 2.24) is 10.6 Å². The number of hydrogen-bond acceptors (Lipinski definition) is 2. The summed E-state index contributed by atoms with van der Waals surface area (Å²) in [6.45, 7) is 6.87. The summed E-state index contributed by atoms with van der Waals surface area (Å²) in [7, 11) is 1.89. The number of amides is 1. The fraction of sp³-hybridized carbons (Fsp3) is 0.625. The van der Waals surface area contributed by atoms with Crippen molar-refractivity contribution in [3.63, 3.8) is 0 Å². The lowest BCUT2D eigenvalue weighted by Crippen LogP contribution is -2.26. The average Bonchev–Trinajstić information content (AvgIpc) is 1.97. The van der Waals surface area contributed by atoms with Crippen LogP contribution in [0.1, 0.15) is 13.3 Å². The van der Waals surface area contributed by atoms with Crippen LogP contribution in [0.15, 0.2) is 12.2 Å². The summed E-state index contributed by atoms with van der Waals surface area (Å²) < 4.78 is 0. The highest BCUT2D eigenvalue weighted by Gasteiger charge is 1.97. The third kappa shape index (κ3) is 5.61. The Morgan fingerprint density at radius 3 is 2.55 bits per heavy atom. The van der Waals surface area contributed by atoms with Gasteiger partial charge < -0.3 is 10.6 Å². The number of carbonyl (C=O) groups is 1. The molecule has 0 saturated carbocycles. The van der Waals surface area contributed by atoms with Crippen molar-refractivity contribution in [2.75, 3.05) is 20.1 Å². The second-order valence-electron chi connectivity index (χ2n) is 2.49. The van der Waals surface area contributed by atoms with E-state index in [9.17, 15) is 4.79 Å². The first-order valence-electron chi connectivity index (χ1n) is 3.76. The molecule has 0 radical (unpaired) electrons. The summed E-state index contributed by atoms with van der Waals surface area (Å²) in [4.78, 5) is 10.9. The molecule has 0 aromatic heterocycles. The van der Waals surface area contributed by atoms with Crippen LogP contribution in [0, 0.1) is 0 Å². The Morgan fingerprint density at radius 1 is 1.45 bits per heavy atom. The van der Waals surface area contributed by atoms with Crippen molar-refractivity contribution in [3.05, 3.63) is 12.2 Å². The molecular weight excluding hydrogens is 140 g/mol. The summed E-state index contributed by atoms with van der Waals surface area (Å²) in [6, 6.07) is 0. The lowest BCUT2D eigenvalue weighted by atomic mass is 10.3. The maximum Gasteiger partial charge on any atom is 0.246 e. The highest BCUT2D eigenvalue weighted by molar-refractivity contribution is 5.91. The average molecular weight is 156 g/mol. The van der Waals surface area contributed by atoms with Gasteiger partial charge in [-0.25, -0.2) is 0 Å². The third-order valence-corrected chi connectivity index (χ3v) is 1.28. The van der Waals surface area contributed by atoms with E-state index in [2.05, 4.69) is 17.2 Å². The minimum Gasteiger partial charge on any atom is -0.352 e. The SMILES string of the molecule is C=C(C)C(=O)NCCCNC. The van der Waals surface area contributed by atoms with E-state index in [4.69, 9.17) is 0 Å². The topological polar surface area (TPSA) is 41.1 Å². The van der Waals surface area contributed by atoms with Crippen molar-refractivity contribution in [1.29, 1.82) is 0 Å². The molecule has 0 atom stereocenters. The number of nitrogens with one attached hydrogen (secondary N) is 2. The summed E-state index contributed by atoms with van der Waals surface area (Å²) in [5.41, 5.74) is 0.564. The van der Waals surface area contributed by atoms with Crippen LogP contribution in [-0.2, 0) is 4.79 Å². The lowest BCUT2D eigenvalue weighted by molar-refractivity contribution is -0.117. The molecule has 0 fully saturated rings. The van der Waals surface area contributed by atoms with Crippen molar-refractivity contribution in [2.45, 2.75) is 13.3 Å². The maximum absolute atomic E-state index is 10.9. The van der Waals surface area contributed by atoms with Crippen molar-refractivity contribution < 1.29 is 4.79 Å². The molecule has 0 unspecified atom stereocenters. The first-order chi connectivity index (χ1) is 5.18. The van der Waals surface area contributed by atoms with Gasteiger partial charge in [0.1, 0.15) is 0 Å². The molecule has 0 saturated heterocycles. The van der Waals surface area contributed by atoms with Crippen LogP contribution in [-0.4, -0.2) is 26.0 Å². The highest BCUT2D eigenvalue weighted by atomic mass is 16.1. The van der Waals surface area contributed by atoms with Crippen LogP contribution < -0.4 is 10.6 Å². The molecule has 0 bridgehead atoms. The first kappa shape index (κ1) is 10.2. The molecule has 0 aromatic rings. The van der Waals surface area contributed by atoms with Gasteiger partial charge in [0, 0.05) is 12.1 Å². The molecule has 3 nitrogen and oxygen atoms in total. The van der Waals surface area contributed by atoms with E-state index < -0.39 is 0 Å². The van der Waals surface area contributed by atoms with E-state index in [0.29, 0.717) is 12.1 Å². The zero-order valence-electron chi connectivity index (χ0n) is 7.24. The smallest absolute Gasteiger partial charge is 0.246 e. The quantitative estimate of drug-likeness (QED) is 0.443. The van der Waals surface area contributed by atoms with Gasteiger partial charge in [-0.2, -0.15) is 0 Å². The zero-order chi connectivity index (χ0) is 8.69. The van der Waals surface area contributed by atoms with Gasteiger partial charge >= 0.3 is 0 Å². The van der Waals surface area contributed by atoms with Gasteiger partial charge in [0.2, 0.25) is 5.91 Å². The molecule has 0 aliphatic heterocycles. The van der Waals surface area contributed by atoms with Crippen LogP contribution in [0.25, 0.3) is 0 Å².